The second-order valence-electron chi connectivity index (χ2n) is 1.39. The Kier molecular flexibility index (Phi) is 2.07. The number of sulfonamides is 1. The molecule has 0 saturated heterocycles. The molecule has 0 aromatic rings. The van der Waals surface area contributed by atoms with Crippen LogP contribution in [0.3, 0.4) is 0 Å². The van der Waals surface area contributed by atoms with Crippen LogP contribution in [0, 0.1) is 0 Å². The fraction of sp³-hybridized carbons (Fsp3) is 1.00. The molecule has 0 aromatic carbocycles. The molecule has 0 heterocycles. The lowest BCUT2D eigenvalue weighted by atomic mass is 10.9. The van der Waals surface area contributed by atoms with Crippen molar-refractivity contribution in [1.29, 1.82) is 0 Å². The summed E-state index contributed by atoms with van der Waals surface area (Å²) in [5.74, 6) is 0. The highest BCUT2D eigenvalue weighted by Gasteiger charge is 2.39. The van der Waals surface area contributed by atoms with Gasteiger partial charge in [-0.15, -0.1) is 4.48 Å². The minimum absolute atomic E-state index is 0.00347. The standard InChI is InChI=1S/C2H4F3NO2S/c1-2(3,4)9(7,8)6-5/h6H,1H3. The summed E-state index contributed by atoms with van der Waals surface area (Å²) in [7, 11) is -5.09. The lowest BCUT2D eigenvalue weighted by molar-refractivity contribution is 0.109. The molecule has 7 heteroatoms. The predicted octanol–water partition coefficient (Wildman–Crippen LogP) is 0.403. The average molecular weight is 163 g/mol. The van der Waals surface area contributed by atoms with Gasteiger partial charge in [0.2, 0.25) is 0 Å². The zero-order valence-corrected chi connectivity index (χ0v) is 5.18. The fourth-order valence-corrected chi connectivity index (χ4v) is 0.203. The molecule has 0 saturated carbocycles. The summed E-state index contributed by atoms with van der Waals surface area (Å²) in [6.07, 6.45) is 0. The van der Waals surface area contributed by atoms with E-state index in [0.717, 1.165) is 0 Å². The molecule has 1 N–H and O–H groups in total. The predicted molar refractivity (Wildman–Crippen MR) is 23.8 cm³/mol. The molecule has 0 aliphatic heterocycles. The van der Waals surface area contributed by atoms with Crippen LogP contribution in [-0.4, -0.2) is 13.7 Å². The lowest BCUT2D eigenvalue weighted by Gasteiger charge is -2.06. The van der Waals surface area contributed by atoms with Gasteiger partial charge >= 0.3 is 15.3 Å². The van der Waals surface area contributed by atoms with E-state index >= 15 is 0 Å². The molecule has 0 spiro atoms. The van der Waals surface area contributed by atoms with Gasteiger partial charge in [-0.2, -0.15) is 8.78 Å². The van der Waals surface area contributed by atoms with E-state index in [9.17, 15) is 21.7 Å². The molecule has 0 bridgehead atoms. The van der Waals surface area contributed by atoms with Crippen molar-refractivity contribution in [2.75, 3.05) is 0 Å². The van der Waals surface area contributed by atoms with Crippen molar-refractivity contribution < 1.29 is 21.7 Å². The minimum Gasteiger partial charge on any atom is -0.204 e. The molecular weight excluding hydrogens is 159 g/mol. The Morgan fingerprint density at radius 2 is 1.78 bits per heavy atom. The molecule has 0 atom stereocenters. The topological polar surface area (TPSA) is 46.2 Å². The molecule has 0 fully saturated rings. The molecule has 0 rings (SSSR count). The largest absolute Gasteiger partial charge is 0.358 e. The van der Waals surface area contributed by atoms with Crippen molar-refractivity contribution >= 4 is 10.0 Å². The van der Waals surface area contributed by atoms with Gasteiger partial charge in [-0.25, -0.2) is 8.42 Å². The first-order valence-corrected chi connectivity index (χ1v) is 3.29. The van der Waals surface area contributed by atoms with Crippen LogP contribution in [0.4, 0.5) is 13.3 Å². The Morgan fingerprint density at radius 1 is 1.44 bits per heavy atom. The molecule has 0 aromatic heterocycles. The van der Waals surface area contributed by atoms with Crippen molar-refractivity contribution in [1.82, 2.24) is 4.94 Å². The highest BCUT2D eigenvalue weighted by atomic mass is 32.2. The van der Waals surface area contributed by atoms with Crippen LogP contribution in [0.1, 0.15) is 6.92 Å². The van der Waals surface area contributed by atoms with Gasteiger partial charge < -0.3 is 0 Å². The van der Waals surface area contributed by atoms with E-state index in [4.69, 9.17) is 0 Å². The average Bonchev–Trinajstić information content (AvgIpc) is 1.64. The Hall–Kier alpha value is -0.300. The Bertz CT molecular complexity index is 180. The summed E-state index contributed by atoms with van der Waals surface area (Å²) in [4.78, 5) is 0.00347. The van der Waals surface area contributed by atoms with E-state index in [0.29, 0.717) is 0 Å². The van der Waals surface area contributed by atoms with Crippen molar-refractivity contribution in [2.45, 2.75) is 12.2 Å². The number of halogens is 3. The van der Waals surface area contributed by atoms with Gasteiger partial charge in [0.1, 0.15) is 0 Å². The van der Waals surface area contributed by atoms with Crippen LogP contribution >= 0.6 is 0 Å². The second kappa shape index (κ2) is 2.14. The van der Waals surface area contributed by atoms with E-state index in [1.807, 2.05) is 0 Å². The zero-order chi connectivity index (χ0) is 7.71. The minimum atomic E-state index is -5.09. The molecule has 0 aliphatic carbocycles. The first kappa shape index (κ1) is 8.70. The van der Waals surface area contributed by atoms with E-state index < -0.39 is 15.3 Å². The van der Waals surface area contributed by atoms with Crippen molar-refractivity contribution in [3.63, 3.8) is 0 Å². The normalized spacial score (nSPS) is 13.8. The Morgan fingerprint density at radius 3 is 1.78 bits per heavy atom. The number of hydrogen-bond acceptors (Lipinski definition) is 2. The summed E-state index contributed by atoms with van der Waals surface area (Å²) >= 11 is 0. The maximum atomic E-state index is 11.6. The van der Waals surface area contributed by atoms with Gasteiger partial charge in [0.25, 0.3) is 0 Å². The molecule has 0 radical (unpaired) electrons. The summed E-state index contributed by atoms with van der Waals surface area (Å²) in [6.45, 7) is 0.0783. The summed E-state index contributed by atoms with van der Waals surface area (Å²) in [6, 6.07) is 0. The van der Waals surface area contributed by atoms with E-state index in [-0.39, 0.29) is 11.9 Å². The monoisotopic (exact) mass is 163 g/mol. The highest BCUT2D eigenvalue weighted by molar-refractivity contribution is 7.90. The van der Waals surface area contributed by atoms with E-state index in [2.05, 4.69) is 0 Å². The zero-order valence-electron chi connectivity index (χ0n) is 4.36. The third kappa shape index (κ3) is 1.83. The van der Waals surface area contributed by atoms with Crippen LogP contribution in [-0.2, 0) is 10.0 Å². The van der Waals surface area contributed by atoms with Gasteiger partial charge in [-0.1, -0.05) is 0 Å². The van der Waals surface area contributed by atoms with Crippen LogP contribution in [0.15, 0.2) is 0 Å². The highest BCUT2D eigenvalue weighted by Crippen LogP contribution is 2.18. The SMILES string of the molecule is CC(F)(F)S(=O)(=O)NF. The fourth-order valence-electron chi connectivity index (χ4n) is 0.0677. The first-order valence-electron chi connectivity index (χ1n) is 1.81. The van der Waals surface area contributed by atoms with Gasteiger partial charge in [-0.3, -0.25) is 0 Å². The lowest BCUT2D eigenvalue weighted by Crippen LogP contribution is -2.32. The molecule has 0 unspecified atom stereocenters. The van der Waals surface area contributed by atoms with Gasteiger partial charge in [0.05, 0.1) is 0 Å². The quantitative estimate of drug-likeness (QED) is 0.599. The summed E-state index contributed by atoms with van der Waals surface area (Å²) in [5.41, 5.74) is 0. The smallest absolute Gasteiger partial charge is 0.204 e. The van der Waals surface area contributed by atoms with Gasteiger partial charge in [-0.05, 0) is 4.94 Å². The maximum absolute atomic E-state index is 11.6. The molecule has 0 aliphatic rings. The van der Waals surface area contributed by atoms with Crippen molar-refractivity contribution in [3.8, 4) is 0 Å². The number of hydrogen-bond donors (Lipinski definition) is 1. The number of nitrogens with one attached hydrogen (secondary N) is 1. The molecular formula is C2H4F3NO2S. The molecule has 0 amide bonds. The van der Waals surface area contributed by atoms with Crippen LogP contribution in [0.5, 0.6) is 0 Å². The van der Waals surface area contributed by atoms with Crippen LogP contribution in [0.25, 0.3) is 0 Å². The van der Waals surface area contributed by atoms with E-state index in [1.54, 1.807) is 0 Å². The summed E-state index contributed by atoms with van der Waals surface area (Å²) in [5, 5.41) is -4.07. The van der Waals surface area contributed by atoms with Crippen LogP contribution < -0.4 is 4.94 Å². The van der Waals surface area contributed by atoms with E-state index in [1.165, 1.54) is 0 Å². The van der Waals surface area contributed by atoms with Crippen molar-refractivity contribution in [3.05, 3.63) is 0 Å². The second-order valence-corrected chi connectivity index (χ2v) is 3.27. The molecule has 9 heavy (non-hydrogen) atoms. The number of rotatable bonds is 2. The maximum Gasteiger partial charge on any atom is 0.358 e. The van der Waals surface area contributed by atoms with Gasteiger partial charge in [0, 0.05) is 6.92 Å². The third-order valence-corrected chi connectivity index (χ3v) is 1.72. The first-order chi connectivity index (χ1) is 3.81. The van der Waals surface area contributed by atoms with Crippen molar-refractivity contribution in [2.24, 2.45) is 0 Å². The number of alkyl halides is 2. The Labute approximate surface area is 49.8 Å². The molecule has 3 nitrogen and oxygen atoms in total. The third-order valence-electron chi connectivity index (χ3n) is 0.573. The van der Waals surface area contributed by atoms with Gasteiger partial charge in [0.15, 0.2) is 0 Å². The Balaban J connectivity index is 4.57. The summed E-state index contributed by atoms with van der Waals surface area (Å²) < 4.78 is 53.7. The van der Waals surface area contributed by atoms with Crippen LogP contribution in [0.2, 0.25) is 0 Å². The molecule has 56 valence electrons.